The van der Waals surface area contributed by atoms with E-state index in [-0.39, 0.29) is 5.41 Å². The molecule has 0 saturated carbocycles. The van der Waals surface area contributed by atoms with Crippen molar-refractivity contribution < 1.29 is 9.59 Å². The Morgan fingerprint density at radius 3 is 1.95 bits per heavy atom. The van der Waals surface area contributed by atoms with Gasteiger partial charge in [-0.2, -0.15) is 9.98 Å². The molecule has 0 aromatic heterocycles. The zero-order valence-corrected chi connectivity index (χ0v) is 13.7. The summed E-state index contributed by atoms with van der Waals surface area (Å²) in [6.45, 7) is 6.13. The van der Waals surface area contributed by atoms with Crippen molar-refractivity contribution >= 4 is 47.1 Å². The van der Waals surface area contributed by atoms with Gasteiger partial charge < -0.3 is 0 Å². The second kappa shape index (κ2) is 6.91. The van der Waals surface area contributed by atoms with Crippen LogP contribution < -0.4 is 0 Å². The Hall–Kier alpha value is -1.32. The predicted octanol–water partition coefficient (Wildman–Crippen LogP) is 4.36. The third-order valence-corrected chi connectivity index (χ3v) is 4.29. The van der Waals surface area contributed by atoms with Crippen molar-refractivity contribution in [2.45, 2.75) is 36.0 Å². The molecule has 0 bridgehead atoms. The first kappa shape index (κ1) is 16.7. The van der Waals surface area contributed by atoms with Crippen LogP contribution in [0.4, 0.5) is 11.4 Å². The Balaban J connectivity index is 3.89. The number of isocyanates is 2. The van der Waals surface area contributed by atoms with Gasteiger partial charge in [0, 0.05) is 4.90 Å². The fourth-order valence-corrected chi connectivity index (χ4v) is 3.18. The highest BCUT2D eigenvalue weighted by Gasteiger charge is 2.24. The summed E-state index contributed by atoms with van der Waals surface area (Å²) in [4.78, 5) is 30.6. The van der Waals surface area contributed by atoms with Crippen molar-refractivity contribution in [3.05, 3.63) is 11.6 Å². The average Bonchev–Trinajstić information content (AvgIpc) is 2.38. The van der Waals surface area contributed by atoms with Crippen LogP contribution in [0.25, 0.3) is 0 Å². The Kier molecular flexibility index (Phi) is 5.78. The van der Waals surface area contributed by atoms with Gasteiger partial charge in [-0.3, -0.25) is 0 Å². The van der Waals surface area contributed by atoms with E-state index >= 15 is 0 Å². The van der Waals surface area contributed by atoms with Crippen molar-refractivity contribution in [2.24, 2.45) is 9.98 Å². The minimum atomic E-state index is -0.186. The van der Waals surface area contributed by atoms with Gasteiger partial charge in [0.15, 0.2) is 0 Å². The maximum Gasteiger partial charge on any atom is 0.240 e. The summed E-state index contributed by atoms with van der Waals surface area (Å²) in [6, 6.07) is 1.93. The van der Waals surface area contributed by atoms with Crippen LogP contribution in [-0.4, -0.2) is 24.7 Å². The number of benzene rings is 1. The van der Waals surface area contributed by atoms with Gasteiger partial charge in [-0.15, -0.1) is 23.5 Å². The zero-order chi connectivity index (χ0) is 15.3. The second-order valence-electron chi connectivity index (χ2n) is 5.01. The molecule has 0 saturated heterocycles. The molecule has 0 fully saturated rings. The van der Waals surface area contributed by atoms with Gasteiger partial charge in [0.25, 0.3) is 0 Å². The molecule has 20 heavy (non-hydrogen) atoms. The van der Waals surface area contributed by atoms with Crippen LogP contribution >= 0.6 is 23.5 Å². The summed E-state index contributed by atoms with van der Waals surface area (Å²) >= 11 is 2.90. The van der Waals surface area contributed by atoms with E-state index in [1.807, 2.05) is 39.3 Å². The highest BCUT2D eigenvalue weighted by Crippen LogP contribution is 2.47. The standard InChI is InChI=1S/C14H16N2O2S2/c1-14(2,3)9-6-10(19-4)12(16-8-18)13(20-5)11(9)15-7-17/h6H,1-5H3. The van der Waals surface area contributed by atoms with Crippen LogP contribution in [0, 0.1) is 0 Å². The first-order valence-corrected chi connectivity index (χ1v) is 8.30. The molecule has 0 N–H and O–H groups in total. The van der Waals surface area contributed by atoms with E-state index in [0.717, 1.165) is 10.5 Å². The van der Waals surface area contributed by atoms with E-state index in [0.29, 0.717) is 16.3 Å². The molecule has 1 aromatic carbocycles. The fraction of sp³-hybridized carbons (Fsp3) is 0.429. The quantitative estimate of drug-likeness (QED) is 0.471. The predicted molar refractivity (Wildman–Crippen MR) is 84.3 cm³/mol. The third kappa shape index (κ3) is 3.41. The summed E-state index contributed by atoms with van der Waals surface area (Å²) in [5, 5.41) is 0. The molecule has 0 aliphatic heterocycles. The minimum absolute atomic E-state index is 0.186. The minimum Gasteiger partial charge on any atom is -0.211 e. The molecule has 4 nitrogen and oxygen atoms in total. The first-order chi connectivity index (χ1) is 9.40. The molecule has 1 aromatic rings. The van der Waals surface area contributed by atoms with Gasteiger partial charge in [-0.05, 0) is 29.6 Å². The number of carbonyl (C=O) groups excluding carboxylic acids is 2. The van der Waals surface area contributed by atoms with E-state index in [4.69, 9.17) is 0 Å². The van der Waals surface area contributed by atoms with Crippen LogP contribution in [0.15, 0.2) is 25.8 Å². The van der Waals surface area contributed by atoms with Crippen molar-refractivity contribution in [1.82, 2.24) is 0 Å². The van der Waals surface area contributed by atoms with E-state index in [1.54, 1.807) is 12.2 Å². The number of rotatable bonds is 4. The van der Waals surface area contributed by atoms with Gasteiger partial charge >= 0.3 is 0 Å². The number of aliphatic imine (C=N–C) groups is 2. The van der Waals surface area contributed by atoms with Crippen LogP contribution in [0.1, 0.15) is 26.3 Å². The molecule has 1 rings (SSSR count). The first-order valence-electron chi connectivity index (χ1n) is 5.85. The molecular formula is C14H16N2O2S2. The largest absolute Gasteiger partial charge is 0.240 e. The molecule has 0 aliphatic carbocycles. The van der Waals surface area contributed by atoms with Crippen molar-refractivity contribution in [3.8, 4) is 0 Å². The summed E-state index contributed by atoms with van der Waals surface area (Å²) in [6.07, 6.45) is 6.94. The fourth-order valence-electron chi connectivity index (χ4n) is 1.84. The summed E-state index contributed by atoms with van der Waals surface area (Å²) in [7, 11) is 0. The molecule has 106 valence electrons. The highest BCUT2D eigenvalue weighted by molar-refractivity contribution is 7.99. The van der Waals surface area contributed by atoms with E-state index in [9.17, 15) is 9.59 Å². The SMILES string of the molecule is CSc1cc(C(C)(C)C)c(N=C=O)c(SC)c1N=C=O. The lowest BCUT2D eigenvalue weighted by Crippen LogP contribution is -2.12. The molecular weight excluding hydrogens is 292 g/mol. The van der Waals surface area contributed by atoms with Crippen LogP contribution in [0.3, 0.4) is 0 Å². The number of thioether (sulfide) groups is 2. The van der Waals surface area contributed by atoms with Crippen LogP contribution in [0.5, 0.6) is 0 Å². The van der Waals surface area contributed by atoms with Gasteiger partial charge in [-0.1, -0.05) is 20.8 Å². The van der Waals surface area contributed by atoms with Gasteiger partial charge in [-0.25, -0.2) is 9.59 Å². The highest BCUT2D eigenvalue weighted by atomic mass is 32.2. The molecule has 0 aliphatic rings. The van der Waals surface area contributed by atoms with E-state index in [1.165, 1.54) is 23.5 Å². The molecule has 6 heteroatoms. The van der Waals surface area contributed by atoms with Gasteiger partial charge in [0.05, 0.1) is 10.6 Å². The molecule has 0 spiro atoms. The van der Waals surface area contributed by atoms with Crippen molar-refractivity contribution in [1.29, 1.82) is 0 Å². The van der Waals surface area contributed by atoms with E-state index in [2.05, 4.69) is 9.98 Å². The van der Waals surface area contributed by atoms with Gasteiger partial charge in [0.2, 0.25) is 12.2 Å². The second-order valence-corrected chi connectivity index (χ2v) is 6.68. The van der Waals surface area contributed by atoms with Crippen LogP contribution in [0.2, 0.25) is 0 Å². The van der Waals surface area contributed by atoms with Crippen molar-refractivity contribution in [2.75, 3.05) is 12.5 Å². The molecule has 0 heterocycles. The summed E-state index contributed by atoms with van der Waals surface area (Å²) < 4.78 is 0. The lowest BCUT2D eigenvalue weighted by molar-refractivity contribution is 0.564. The van der Waals surface area contributed by atoms with E-state index < -0.39 is 0 Å². The Morgan fingerprint density at radius 1 is 1.00 bits per heavy atom. The average molecular weight is 308 g/mol. The lowest BCUT2D eigenvalue weighted by atomic mass is 9.85. The Labute approximate surface area is 127 Å². The normalized spacial score (nSPS) is 10.7. The lowest BCUT2D eigenvalue weighted by Gasteiger charge is -2.24. The molecule has 0 unspecified atom stereocenters. The Bertz CT molecular complexity index is 609. The smallest absolute Gasteiger partial charge is 0.211 e. The van der Waals surface area contributed by atoms with Crippen molar-refractivity contribution in [3.63, 3.8) is 0 Å². The maximum atomic E-state index is 10.7. The zero-order valence-electron chi connectivity index (χ0n) is 12.1. The number of hydrogen-bond donors (Lipinski definition) is 0. The third-order valence-electron chi connectivity index (χ3n) is 2.74. The van der Waals surface area contributed by atoms with Gasteiger partial charge in [0.1, 0.15) is 5.69 Å². The summed E-state index contributed by atoms with van der Waals surface area (Å²) in [5.74, 6) is 0. The maximum absolute atomic E-state index is 10.7. The molecule has 0 amide bonds. The van der Waals surface area contributed by atoms with Crippen LogP contribution in [-0.2, 0) is 15.0 Å². The Morgan fingerprint density at radius 2 is 1.55 bits per heavy atom. The molecule has 0 atom stereocenters. The topological polar surface area (TPSA) is 58.9 Å². The number of nitrogens with zero attached hydrogens (tertiary/aromatic N) is 2. The number of hydrogen-bond acceptors (Lipinski definition) is 6. The molecule has 0 radical (unpaired) electrons. The summed E-state index contributed by atoms with van der Waals surface area (Å²) in [5.41, 5.74) is 1.79. The monoisotopic (exact) mass is 308 g/mol.